The van der Waals surface area contributed by atoms with Crippen LogP contribution in [0, 0.1) is 0 Å². The van der Waals surface area contributed by atoms with Gasteiger partial charge in [0.2, 0.25) is 5.95 Å². The van der Waals surface area contributed by atoms with Crippen molar-refractivity contribution in [1.29, 1.82) is 0 Å². The average Bonchev–Trinajstić information content (AvgIpc) is 2.61. The van der Waals surface area contributed by atoms with E-state index in [1.807, 2.05) is 18.2 Å². The molecule has 2 aromatic carbocycles. The van der Waals surface area contributed by atoms with Gasteiger partial charge in [0.1, 0.15) is 0 Å². The second-order valence-electron chi connectivity index (χ2n) is 5.63. The third-order valence-electron chi connectivity index (χ3n) is 3.76. The minimum absolute atomic E-state index is 0.117. The Kier molecular flexibility index (Phi) is 4.83. The van der Waals surface area contributed by atoms with Crippen LogP contribution in [0.2, 0.25) is 0 Å². The van der Waals surface area contributed by atoms with Crippen LogP contribution in [-0.2, 0) is 14.8 Å². The molecule has 134 valence electrons. The maximum atomic E-state index is 12.7. The van der Waals surface area contributed by atoms with E-state index in [-0.39, 0.29) is 17.3 Å². The first-order valence-corrected chi connectivity index (χ1v) is 9.15. The highest BCUT2D eigenvalue weighted by Gasteiger charge is 2.19. The van der Waals surface area contributed by atoms with Crippen LogP contribution in [0.3, 0.4) is 0 Å². The van der Waals surface area contributed by atoms with Crippen molar-refractivity contribution in [2.75, 3.05) is 4.72 Å². The molecule has 1 aromatic heterocycles. The van der Waals surface area contributed by atoms with Gasteiger partial charge in [-0.15, -0.1) is 0 Å². The summed E-state index contributed by atoms with van der Waals surface area (Å²) in [4.78, 5) is 18.7. The number of aliphatic carboxylic acids is 1. The highest BCUT2D eigenvalue weighted by molar-refractivity contribution is 7.93. The zero-order valence-electron chi connectivity index (χ0n) is 13.5. The largest absolute Gasteiger partial charge is 0.481 e. The number of carbonyl (C=O) groups is 1. The van der Waals surface area contributed by atoms with Crippen LogP contribution in [0.5, 0.6) is 0 Å². The summed E-state index contributed by atoms with van der Waals surface area (Å²) in [5.74, 6) is -1.16. The Balaban J connectivity index is 1.86. The Hall–Kier alpha value is -3.04. The number of hydrogen-bond acceptors (Lipinski definition) is 6. The van der Waals surface area contributed by atoms with Crippen molar-refractivity contribution in [3.8, 4) is 0 Å². The van der Waals surface area contributed by atoms with Crippen LogP contribution < -0.4 is 10.5 Å². The number of nitrogens with zero attached hydrogens (tertiary/aromatic N) is 2. The van der Waals surface area contributed by atoms with E-state index >= 15 is 0 Å². The lowest BCUT2D eigenvalue weighted by molar-refractivity contribution is -0.137. The second-order valence-corrected chi connectivity index (χ2v) is 7.28. The van der Waals surface area contributed by atoms with E-state index in [4.69, 9.17) is 10.8 Å². The smallest absolute Gasteiger partial charge is 0.305 e. The van der Waals surface area contributed by atoms with Gasteiger partial charge in [-0.1, -0.05) is 36.4 Å². The van der Waals surface area contributed by atoms with Crippen molar-refractivity contribution >= 4 is 32.7 Å². The van der Waals surface area contributed by atoms with Crippen LogP contribution in [0.1, 0.15) is 18.0 Å². The molecular weight excluding hydrogens is 356 g/mol. The van der Waals surface area contributed by atoms with E-state index in [2.05, 4.69) is 14.7 Å². The minimum Gasteiger partial charge on any atom is -0.481 e. The fourth-order valence-electron chi connectivity index (χ4n) is 2.49. The van der Waals surface area contributed by atoms with E-state index in [0.29, 0.717) is 10.9 Å². The molecule has 26 heavy (non-hydrogen) atoms. The number of fused-ring (bicyclic) bond motifs is 1. The van der Waals surface area contributed by atoms with Crippen molar-refractivity contribution in [3.63, 3.8) is 0 Å². The number of rotatable bonds is 6. The molecule has 4 N–H and O–H groups in total. The summed E-state index contributed by atoms with van der Waals surface area (Å²) in [5.41, 5.74) is 6.13. The summed E-state index contributed by atoms with van der Waals surface area (Å²) >= 11 is 0. The molecule has 0 spiro atoms. The molecule has 0 saturated carbocycles. The Labute approximate surface area is 149 Å². The Morgan fingerprint density at radius 2 is 1.77 bits per heavy atom. The lowest BCUT2D eigenvalue weighted by Crippen LogP contribution is -2.18. The lowest BCUT2D eigenvalue weighted by atomic mass is 10.1. The molecule has 0 saturated heterocycles. The molecule has 3 aromatic rings. The molecule has 0 aliphatic carbocycles. The topological polar surface area (TPSA) is 135 Å². The van der Waals surface area contributed by atoms with E-state index in [0.717, 1.165) is 5.39 Å². The lowest BCUT2D eigenvalue weighted by Gasteiger charge is -2.11. The monoisotopic (exact) mass is 372 g/mol. The first-order chi connectivity index (χ1) is 12.4. The van der Waals surface area contributed by atoms with Crippen LogP contribution in [0.15, 0.2) is 59.8 Å². The molecule has 1 atom stereocenters. The van der Waals surface area contributed by atoms with Gasteiger partial charge in [-0.3, -0.25) is 4.79 Å². The van der Waals surface area contributed by atoms with Crippen molar-refractivity contribution < 1.29 is 18.3 Å². The number of hydrogen-bond donors (Lipinski definition) is 3. The molecule has 8 nitrogen and oxygen atoms in total. The maximum absolute atomic E-state index is 12.7. The van der Waals surface area contributed by atoms with Crippen molar-refractivity contribution in [2.45, 2.75) is 17.4 Å². The number of anilines is 1. The molecular formula is C17H16N4O4S. The Morgan fingerprint density at radius 3 is 2.46 bits per heavy atom. The third-order valence-corrected chi connectivity index (χ3v) is 5.15. The van der Waals surface area contributed by atoms with Gasteiger partial charge in [0.15, 0.2) is 0 Å². The van der Waals surface area contributed by atoms with Crippen LogP contribution in [0.4, 0.5) is 5.95 Å². The molecule has 9 heteroatoms. The number of aromatic nitrogens is 2. The molecule has 0 fully saturated rings. The second kappa shape index (κ2) is 7.06. The van der Waals surface area contributed by atoms with Gasteiger partial charge < -0.3 is 10.8 Å². The summed E-state index contributed by atoms with van der Waals surface area (Å²) in [6.45, 7) is 0. The third kappa shape index (κ3) is 3.79. The normalized spacial score (nSPS) is 12.7. The van der Waals surface area contributed by atoms with Gasteiger partial charge in [-0.25, -0.2) is 23.1 Å². The molecule has 0 aliphatic heterocycles. The van der Waals surface area contributed by atoms with Crippen molar-refractivity contribution in [3.05, 3.63) is 60.4 Å². The summed E-state index contributed by atoms with van der Waals surface area (Å²) < 4.78 is 27.7. The van der Waals surface area contributed by atoms with E-state index < -0.39 is 22.0 Å². The SMILES string of the molecule is NC(CC(=O)O)c1cnc(NS(=O)(=O)c2cccc3ccccc23)nc1. The van der Waals surface area contributed by atoms with Gasteiger partial charge >= 0.3 is 5.97 Å². The quantitative estimate of drug-likeness (QED) is 0.601. The molecule has 0 radical (unpaired) electrons. The highest BCUT2D eigenvalue weighted by Crippen LogP contribution is 2.24. The van der Waals surface area contributed by atoms with Gasteiger partial charge in [-0.2, -0.15) is 0 Å². The number of sulfonamides is 1. The number of benzene rings is 2. The molecule has 1 unspecified atom stereocenters. The average molecular weight is 372 g/mol. The number of nitrogens with two attached hydrogens (primary N) is 1. The summed E-state index contributed by atoms with van der Waals surface area (Å²) in [7, 11) is -3.89. The van der Waals surface area contributed by atoms with Crippen LogP contribution in [0.25, 0.3) is 10.8 Å². The predicted molar refractivity (Wildman–Crippen MR) is 96.0 cm³/mol. The minimum atomic E-state index is -3.89. The molecule has 0 aliphatic rings. The highest BCUT2D eigenvalue weighted by atomic mass is 32.2. The number of carboxylic acid groups (broad SMARTS) is 1. The van der Waals surface area contributed by atoms with E-state index in [1.165, 1.54) is 18.5 Å². The first-order valence-electron chi connectivity index (χ1n) is 7.67. The zero-order chi connectivity index (χ0) is 18.7. The number of carboxylic acids is 1. The van der Waals surface area contributed by atoms with E-state index in [9.17, 15) is 13.2 Å². The molecule has 0 amide bonds. The van der Waals surface area contributed by atoms with Crippen LogP contribution >= 0.6 is 0 Å². The molecule has 1 heterocycles. The Bertz CT molecular complexity index is 1050. The Morgan fingerprint density at radius 1 is 1.12 bits per heavy atom. The van der Waals surface area contributed by atoms with Crippen LogP contribution in [-0.4, -0.2) is 29.5 Å². The summed E-state index contributed by atoms with van der Waals surface area (Å²) in [6, 6.07) is 11.3. The summed E-state index contributed by atoms with van der Waals surface area (Å²) in [6.07, 6.45) is 2.34. The van der Waals surface area contributed by atoms with Crippen molar-refractivity contribution in [2.24, 2.45) is 5.73 Å². The van der Waals surface area contributed by atoms with Gasteiger partial charge in [0.05, 0.1) is 11.3 Å². The maximum Gasteiger partial charge on any atom is 0.305 e. The fourth-order valence-corrected chi connectivity index (χ4v) is 3.68. The fraction of sp³-hybridized carbons (Fsp3) is 0.118. The van der Waals surface area contributed by atoms with E-state index in [1.54, 1.807) is 18.2 Å². The van der Waals surface area contributed by atoms with Gasteiger partial charge in [0, 0.05) is 29.4 Å². The standard InChI is InChI=1S/C17H16N4O4S/c18-14(8-16(22)23)12-9-19-17(20-10-12)21-26(24,25)15-7-3-5-11-4-1-2-6-13(11)15/h1-7,9-10,14H,8,18H2,(H,22,23)(H,19,20,21). The van der Waals surface area contributed by atoms with Gasteiger partial charge in [0.25, 0.3) is 10.0 Å². The molecule has 3 rings (SSSR count). The molecule has 0 bridgehead atoms. The zero-order valence-corrected chi connectivity index (χ0v) is 14.3. The van der Waals surface area contributed by atoms with Crippen molar-refractivity contribution in [1.82, 2.24) is 9.97 Å². The number of nitrogens with one attached hydrogen (secondary N) is 1. The predicted octanol–water partition coefficient (Wildman–Crippen LogP) is 1.91. The van der Waals surface area contributed by atoms with Gasteiger partial charge in [-0.05, 0) is 11.5 Å². The first kappa shape index (κ1) is 17.8. The summed E-state index contributed by atoms with van der Waals surface area (Å²) in [5, 5.41) is 10.1.